The highest BCUT2D eigenvalue weighted by Crippen LogP contribution is 2.44. The van der Waals surface area contributed by atoms with Crippen molar-refractivity contribution >= 4 is 46.0 Å². The van der Waals surface area contributed by atoms with E-state index in [2.05, 4.69) is 10.3 Å². The number of carbonyl (C=O) groups excluding carboxylic acids is 4. The summed E-state index contributed by atoms with van der Waals surface area (Å²) in [5, 5.41) is 3.49. The summed E-state index contributed by atoms with van der Waals surface area (Å²) < 4.78 is 95.7. The van der Waals surface area contributed by atoms with Crippen molar-refractivity contribution in [2.45, 2.75) is 94.6 Å². The maximum Gasteiger partial charge on any atom is 0.433 e. The molecule has 0 unspecified atom stereocenters. The smallest absolute Gasteiger partial charge is 0.433 e. The van der Waals surface area contributed by atoms with Crippen molar-refractivity contribution in [1.29, 1.82) is 0 Å². The van der Waals surface area contributed by atoms with E-state index in [1.165, 1.54) is 12.1 Å². The van der Waals surface area contributed by atoms with Gasteiger partial charge in [-0.05, 0) is 93.2 Å². The van der Waals surface area contributed by atoms with Crippen molar-refractivity contribution in [3.8, 4) is 0 Å². The molecule has 1 N–H and O–H groups in total. The average molecular weight is 841 g/mol. The molecular weight excluding hydrogens is 802 g/mol. The molecule has 7 rings (SSSR count). The van der Waals surface area contributed by atoms with Crippen LogP contribution in [0.3, 0.4) is 0 Å². The fourth-order valence-corrected chi connectivity index (χ4v) is 8.55. The van der Waals surface area contributed by atoms with Crippen LogP contribution in [0, 0.1) is 5.92 Å². The van der Waals surface area contributed by atoms with Crippen molar-refractivity contribution < 1.29 is 55.0 Å². The molecule has 3 aromatic carbocycles. The summed E-state index contributed by atoms with van der Waals surface area (Å²) in [5.74, 6) is -3.31. The van der Waals surface area contributed by atoms with Crippen LogP contribution in [-0.2, 0) is 31.4 Å². The van der Waals surface area contributed by atoms with Gasteiger partial charge in [0.2, 0.25) is 5.78 Å². The molecule has 0 bridgehead atoms. The number of halogens is 7. The van der Waals surface area contributed by atoms with Gasteiger partial charge in [0.15, 0.2) is 11.5 Å². The van der Waals surface area contributed by atoms with E-state index < -0.39 is 77.6 Å². The van der Waals surface area contributed by atoms with Crippen molar-refractivity contribution in [2.75, 3.05) is 6.54 Å². The number of para-hydroxylation sites is 1. The number of benzene rings is 3. The van der Waals surface area contributed by atoms with Crippen LogP contribution in [0.4, 0.5) is 26.3 Å². The zero-order chi connectivity index (χ0) is 42.1. The second kappa shape index (κ2) is 17.3. The molecule has 310 valence electrons. The van der Waals surface area contributed by atoms with Crippen LogP contribution in [0.1, 0.15) is 119 Å². The van der Waals surface area contributed by atoms with Gasteiger partial charge in [-0.15, -0.1) is 0 Å². The Morgan fingerprint density at radius 3 is 2.08 bits per heavy atom. The lowest BCUT2D eigenvalue weighted by molar-refractivity contribution is -0.152. The highest BCUT2D eigenvalue weighted by atomic mass is 35.5. The third-order valence-corrected chi connectivity index (χ3v) is 11.6. The Bertz CT molecular complexity index is 2290. The molecule has 1 saturated carbocycles. The number of allylic oxidation sites excluding steroid dienone is 2. The van der Waals surface area contributed by atoms with Crippen molar-refractivity contribution in [1.82, 2.24) is 10.3 Å². The minimum atomic E-state index is -5.12. The summed E-state index contributed by atoms with van der Waals surface area (Å²) in [6.07, 6.45) is -8.30. The third-order valence-electron chi connectivity index (χ3n) is 11.3. The Balaban J connectivity index is 1.08. The van der Waals surface area contributed by atoms with Gasteiger partial charge in [0.05, 0.1) is 16.7 Å². The number of alkyl halides is 6. The zero-order valence-corrected chi connectivity index (χ0v) is 32.3. The van der Waals surface area contributed by atoms with Crippen LogP contribution >= 0.6 is 11.6 Å². The molecule has 1 aromatic heterocycles. The molecule has 1 saturated heterocycles. The van der Waals surface area contributed by atoms with Gasteiger partial charge in [0.1, 0.15) is 11.8 Å². The number of fused-ring (bicyclic) bond motifs is 2. The number of rotatable bonds is 10. The summed E-state index contributed by atoms with van der Waals surface area (Å²) >= 11 is 6.07. The first-order valence-electron chi connectivity index (χ1n) is 19.5. The number of esters is 2. The first kappa shape index (κ1) is 42.1. The highest BCUT2D eigenvalue weighted by Gasteiger charge is 2.42. The Morgan fingerprint density at radius 2 is 1.44 bits per heavy atom. The molecule has 15 heteroatoms. The van der Waals surface area contributed by atoms with Crippen molar-refractivity contribution in [3.05, 3.63) is 123 Å². The van der Waals surface area contributed by atoms with Crippen LogP contribution in [0.5, 0.6) is 0 Å². The molecule has 8 nitrogen and oxygen atoms in total. The molecule has 2 heterocycles. The largest absolute Gasteiger partial charge is 0.456 e. The predicted molar refractivity (Wildman–Crippen MR) is 204 cm³/mol. The Morgan fingerprint density at radius 1 is 0.780 bits per heavy atom. The van der Waals surface area contributed by atoms with E-state index in [0.717, 1.165) is 30.9 Å². The van der Waals surface area contributed by atoms with Gasteiger partial charge in [-0.3, -0.25) is 19.2 Å². The molecule has 0 amide bonds. The van der Waals surface area contributed by atoms with Gasteiger partial charge in [-0.1, -0.05) is 66.6 Å². The molecule has 2 aliphatic carbocycles. The molecule has 0 radical (unpaired) electrons. The van der Waals surface area contributed by atoms with Gasteiger partial charge in [0, 0.05) is 46.0 Å². The van der Waals surface area contributed by atoms with E-state index in [0.29, 0.717) is 49.4 Å². The molecule has 59 heavy (non-hydrogen) atoms. The van der Waals surface area contributed by atoms with Gasteiger partial charge in [-0.2, -0.15) is 26.3 Å². The first-order valence-corrected chi connectivity index (χ1v) is 19.9. The van der Waals surface area contributed by atoms with Gasteiger partial charge >= 0.3 is 24.3 Å². The van der Waals surface area contributed by atoms with E-state index in [9.17, 15) is 45.5 Å². The fourth-order valence-electron chi connectivity index (χ4n) is 8.42. The standard InChI is InChI=1S/C44H39ClF6N2O6/c45-27-20-18-25(19-21-27)24-14-16-26(17-15-24)37-39(56)29-7-1-2-8-30(29)40(57)42(37)59-36(55)13-6-12-35(54)58-41(33-11-3-4-22-52-33)31-23-34(44(49,50)51)53-38-28(31)9-5-10-32(38)43(46,47)48/h1-2,5,7-10,18-21,23-24,26,33,41,52H,3-4,6,11-17,22H2/t24?,26?,33-,41+/m0/s1. The molecule has 3 aliphatic rings. The monoisotopic (exact) mass is 840 g/mol. The molecule has 4 aromatic rings. The lowest BCUT2D eigenvalue weighted by Gasteiger charge is -2.32. The number of piperidine rings is 1. The number of hydrogen-bond donors (Lipinski definition) is 1. The number of aromatic nitrogens is 1. The first-order chi connectivity index (χ1) is 28.1. The number of ether oxygens (including phenoxy) is 2. The van der Waals surface area contributed by atoms with E-state index in [4.69, 9.17) is 21.1 Å². The molecule has 2 fully saturated rings. The van der Waals surface area contributed by atoms with E-state index in [1.807, 2.05) is 24.3 Å². The number of pyridine rings is 1. The van der Waals surface area contributed by atoms with Crippen molar-refractivity contribution in [2.24, 2.45) is 5.92 Å². The SMILES string of the molecule is O=C(CCCC(=O)O[C@H](c1cc(C(F)(F)F)nc2c(C(F)(F)F)cccc12)[C@@H]1CCCCN1)OC1=C(C2CCC(c3ccc(Cl)cc3)CC2)C(=O)c2ccccc2C1=O. The Labute approximate surface area is 340 Å². The number of hydrogen-bond acceptors (Lipinski definition) is 8. The van der Waals surface area contributed by atoms with E-state index >= 15 is 0 Å². The number of ketones is 2. The number of Topliss-reactive ketones (excluding diaryl/α,β-unsaturated/α-hetero) is 2. The number of nitrogens with zero attached hydrogens (tertiary/aromatic N) is 1. The molecule has 2 atom stereocenters. The van der Waals surface area contributed by atoms with Gasteiger partial charge in [-0.25, -0.2) is 4.98 Å². The summed E-state index contributed by atoms with van der Waals surface area (Å²) in [6.45, 7) is 0.431. The summed E-state index contributed by atoms with van der Waals surface area (Å²) in [6, 6.07) is 16.6. The van der Waals surface area contributed by atoms with E-state index in [1.54, 1.807) is 18.2 Å². The fraction of sp³-hybridized carbons (Fsp3) is 0.386. The number of carbonyl (C=O) groups is 4. The Kier molecular flexibility index (Phi) is 12.3. The topological polar surface area (TPSA) is 112 Å². The van der Waals surface area contributed by atoms with Crippen LogP contribution in [0.15, 0.2) is 84.1 Å². The van der Waals surface area contributed by atoms with Crippen LogP contribution in [0.25, 0.3) is 10.9 Å². The third kappa shape index (κ3) is 9.23. The summed E-state index contributed by atoms with van der Waals surface area (Å²) in [7, 11) is 0. The Hall–Kier alpha value is -5.08. The second-order valence-corrected chi connectivity index (χ2v) is 15.6. The van der Waals surface area contributed by atoms with Crippen LogP contribution in [0.2, 0.25) is 5.02 Å². The summed E-state index contributed by atoms with van der Waals surface area (Å²) in [5.41, 5.74) is -2.59. The maximum absolute atomic E-state index is 14.1. The lowest BCUT2D eigenvalue weighted by atomic mass is 9.72. The predicted octanol–water partition coefficient (Wildman–Crippen LogP) is 10.7. The molecule has 0 spiro atoms. The number of nitrogens with one attached hydrogen (secondary N) is 1. The van der Waals surface area contributed by atoms with Gasteiger partial charge in [0.25, 0.3) is 0 Å². The van der Waals surface area contributed by atoms with Crippen molar-refractivity contribution in [3.63, 3.8) is 0 Å². The molecule has 1 aliphatic heterocycles. The summed E-state index contributed by atoms with van der Waals surface area (Å²) in [4.78, 5) is 57.8. The molecular formula is C44H39ClF6N2O6. The maximum atomic E-state index is 14.1. The van der Waals surface area contributed by atoms with Gasteiger partial charge < -0.3 is 14.8 Å². The highest BCUT2D eigenvalue weighted by molar-refractivity contribution is 6.30. The quantitative estimate of drug-likeness (QED) is 0.124. The normalized spacial score (nSPS) is 20.6. The van der Waals surface area contributed by atoms with E-state index in [-0.39, 0.29) is 51.7 Å². The minimum absolute atomic E-state index is 0.101. The van der Waals surface area contributed by atoms with Crippen LogP contribution < -0.4 is 5.32 Å². The average Bonchev–Trinajstić information content (AvgIpc) is 3.21. The minimum Gasteiger partial charge on any atom is -0.456 e. The van der Waals surface area contributed by atoms with Crippen LogP contribution in [-0.4, -0.2) is 41.1 Å². The zero-order valence-electron chi connectivity index (χ0n) is 31.6. The lowest BCUT2D eigenvalue weighted by Crippen LogP contribution is -2.40. The second-order valence-electron chi connectivity index (χ2n) is 15.1.